The van der Waals surface area contributed by atoms with Crippen LogP contribution in [0.15, 0.2) is 35.2 Å². The number of aromatic nitrogens is 1. The third-order valence-electron chi connectivity index (χ3n) is 3.37. The molecule has 26 heavy (non-hydrogen) atoms. The number of carbonyl (C=O) groups is 2. The van der Waals surface area contributed by atoms with Gasteiger partial charge < -0.3 is 15.4 Å². The number of nitrogens with one attached hydrogen (secondary N) is 2. The predicted molar refractivity (Wildman–Crippen MR) is 106 cm³/mol. The molecule has 0 fully saturated rings. The van der Waals surface area contributed by atoms with Crippen molar-refractivity contribution in [2.75, 3.05) is 18.6 Å². The van der Waals surface area contributed by atoms with E-state index in [0.29, 0.717) is 23.7 Å². The fraction of sp³-hybridized carbons (Fsp3) is 0.353. The van der Waals surface area contributed by atoms with Gasteiger partial charge in [0.2, 0.25) is 5.91 Å². The van der Waals surface area contributed by atoms with Gasteiger partial charge in [-0.05, 0) is 42.7 Å². The van der Waals surface area contributed by atoms with Gasteiger partial charge in [0.15, 0.2) is 6.61 Å². The average molecular weight is 414 g/mol. The molecule has 1 atom stereocenters. The second kappa shape index (κ2) is 11.1. The largest absolute Gasteiger partial charge is 0.484 e. The van der Waals surface area contributed by atoms with Crippen molar-refractivity contribution in [1.82, 2.24) is 15.6 Å². The summed E-state index contributed by atoms with van der Waals surface area (Å²) < 4.78 is 5.41. The number of amides is 2. The maximum Gasteiger partial charge on any atom is 0.258 e. The number of carbonyl (C=O) groups excluding carboxylic acids is 2. The highest BCUT2D eigenvalue weighted by Gasteiger charge is 2.20. The van der Waals surface area contributed by atoms with Crippen LogP contribution < -0.4 is 15.4 Å². The maximum absolute atomic E-state index is 12.4. The first-order valence-corrected chi connectivity index (χ1v) is 10.6. The molecule has 0 aliphatic heterocycles. The minimum absolute atomic E-state index is 0.170. The highest BCUT2D eigenvalue weighted by atomic mass is 35.5. The number of thioether (sulfide) groups is 1. The molecule has 0 saturated carbocycles. The molecule has 1 heterocycles. The third-order valence-corrected chi connectivity index (χ3v) is 4.90. The zero-order valence-electron chi connectivity index (χ0n) is 14.2. The van der Waals surface area contributed by atoms with Gasteiger partial charge in [-0.25, -0.2) is 4.98 Å². The summed E-state index contributed by atoms with van der Waals surface area (Å²) in [4.78, 5) is 28.6. The molecule has 1 aromatic heterocycles. The molecule has 0 spiro atoms. The number of rotatable bonds is 10. The van der Waals surface area contributed by atoms with E-state index in [-0.39, 0.29) is 18.4 Å². The summed E-state index contributed by atoms with van der Waals surface area (Å²) in [6.07, 6.45) is 2.49. The number of hydrogen-bond donors (Lipinski definition) is 2. The molecule has 140 valence electrons. The maximum atomic E-state index is 12.4. The number of thiazole rings is 1. The van der Waals surface area contributed by atoms with E-state index in [1.165, 1.54) is 11.3 Å². The summed E-state index contributed by atoms with van der Waals surface area (Å²) in [6, 6.07) is 6.12. The molecule has 2 aromatic rings. The second-order valence-electron chi connectivity index (χ2n) is 5.34. The van der Waals surface area contributed by atoms with Crippen molar-refractivity contribution < 1.29 is 14.3 Å². The molecule has 0 saturated heterocycles. The van der Waals surface area contributed by atoms with Gasteiger partial charge in [0.1, 0.15) is 11.8 Å². The fourth-order valence-corrected chi connectivity index (χ4v) is 3.20. The van der Waals surface area contributed by atoms with Crippen molar-refractivity contribution in [2.45, 2.75) is 19.0 Å². The molecular weight excluding hydrogens is 394 g/mol. The molecule has 0 aliphatic carbocycles. The Hall–Kier alpha value is -1.77. The van der Waals surface area contributed by atoms with Gasteiger partial charge in [-0.2, -0.15) is 11.8 Å². The van der Waals surface area contributed by atoms with Crippen LogP contribution in [0.5, 0.6) is 5.75 Å². The van der Waals surface area contributed by atoms with Gasteiger partial charge in [0.05, 0.1) is 17.7 Å². The Bertz CT molecular complexity index is 696. The fourth-order valence-electron chi connectivity index (χ4n) is 2.05. The zero-order chi connectivity index (χ0) is 18.8. The Morgan fingerprint density at radius 1 is 1.35 bits per heavy atom. The lowest BCUT2D eigenvalue weighted by Crippen LogP contribution is -2.48. The number of nitrogens with zero attached hydrogens (tertiary/aromatic N) is 1. The quantitative estimate of drug-likeness (QED) is 0.626. The lowest BCUT2D eigenvalue weighted by Gasteiger charge is -2.18. The summed E-state index contributed by atoms with van der Waals surface area (Å²) in [5, 5.41) is 8.00. The molecule has 0 radical (unpaired) electrons. The van der Waals surface area contributed by atoms with Crippen molar-refractivity contribution in [2.24, 2.45) is 0 Å². The molecular formula is C17H20ClN3O3S2. The Kier molecular flexibility index (Phi) is 8.73. The van der Waals surface area contributed by atoms with Crippen molar-refractivity contribution in [1.29, 1.82) is 0 Å². The summed E-state index contributed by atoms with van der Waals surface area (Å²) in [6.45, 7) is 0.173. The zero-order valence-corrected chi connectivity index (χ0v) is 16.6. The molecule has 2 N–H and O–H groups in total. The lowest BCUT2D eigenvalue weighted by atomic mass is 10.2. The number of hydrogen-bond acceptors (Lipinski definition) is 6. The van der Waals surface area contributed by atoms with E-state index < -0.39 is 6.04 Å². The van der Waals surface area contributed by atoms with Crippen molar-refractivity contribution in [3.8, 4) is 5.75 Å². The molecule has 6 nitrogen and oxygen atoms in total. The van der Waals surface area contributed by atoms with Crippen LogP contribution in [0, 0.1) is 0 Å². The van der Waals surface area contributed by atoms with Gasteiger partial charge in [-0.1, -0.05) is 11.6 Å². The van der Waals surface area contributed by atoms with E-state index in [2.05, 4.69) is 15.6 Å². The van der Waals surface area contributed by atoms with Crippen molar-refractivity contribution >= 4 is 46.5 Å². The monoisotopic (exact) mass is 413 g/mol. The molecule has 2 amide bonds. The van der Waals surface area contributed by atoms with Crippen molar-refractivity contribution in [3.05, 3.63) is 45.9 Å². The number of ether oxygens (including phenoxy) is 1. The Labute approximate surface area is 165 Å². The Balaban J connectivity index is 1.83. The van der Waals surface area contributed by atoms with Crippen LogP contribution >= 0.6 is 34.7 Å². The minimum atomic E-state index is -0.609. The first kappa shape index (κ1) is 20.5. The highest BCUT2D eigenvalue weighted by molar-refractivity contribution is 7.98. The molecule has 1 aromatic carbocycles. The summed E-state index contributed by atoms with van der Waals surface area (Å²) >= 11 is 8.89. The first-order valence-electron chi connectivity index (χ1n) is 7.90. The van der Waals surface area contributed by atoms with Crippen LogP contribution in [-0.4, -0.2) is 41.5 Å². The van der Waals surface area contributed by atoms with Crippen LogP contribution in [0.25, 0.3) is 0 Å². The average Bonchev–Trinajstić information content (AvgIpc) is 3.16. The topological polar surface area (TPSA) is 80.3 Å². The van der Waals surface area contributed by atoms with E-state index in [4.69, 9.17) is 16.3 Å². The third kappa shape index (κ3) is 7.23. The molecule has 0 bridgehead atoms. The van der Waals surface area contributed by atoms with E-state index >= 15 is 0 Å². The van der Waals surface area contributed by atoms with E-state index in [1.807, 2.05) is 11.6 Å². The molecule has 2 rings (SSSR count). The lowest BCUT2D eigenvalue weighted by molar-refractivity contribution is -0.130. The Morgan fingerprint density at radius 2 is 2.12 bits per heavy atom. The van der Waals surface area contributed by atoms with Gasteiger partial charge in [0.25, 0.3) is 5.91 Å². The molecule has 0 unspecified atom stereocenters. The standard InChI is InChI=1S/C17H20ClN3O3S2/c1-25-7-6-15(17(23)19-8-13-10-26-11-20-13)21-16(22)9-24-14-4-2-12(18)3-5-14/h2-5,10-11,15H,6-9H2,1H3,(H,19,23)(H,21,22)/t15-/m0/s1. The summed E-state index contributed by atoms with van der Waals surface area (Å²) in [7, 11) is 0. The molecule has 9 heteroatoms. The van der Waals surface area contributed by atoms with Crippen LogP contribution in [0.3, 0.4) is 0 Å². The van der Waals surface area contributed by atoms with Gasteiger partial charge in [-0.3, -0.25) is 9.59 Å². The smallest absolute Gasteiger partial charge is 0.258 e. The minimum Gasteiger partial charge on any atom is -0.484 e. The van der Waals surface area contributed by atoms with E-state index in [9.17, 15) is 9.59 Å². The van der Waals surface area contributed by atoms with Gasteiger partial charge in [0, 0.05) is 10.4 Å². The van der Waals surface area contributed by atoms with E-state index in [0.717, 1.165) is 11.4 Å². The van der Waals surface area contributed by atoms with Crippen LogP contribution in [-0.2, 0) is 16.1 Å². The van der Waals surface area contributed by atoms with E-state index in [1.54, 1.807) is 41.5 Å². The summed E-state index contributed by atoms with van der Waals surface area (Å²) in [5.41, 5.74) is 2.51. The van der Waals surface area contributed by atoms with Crippen LogP contribution in [0.4, 0.5) is 0 Å². The normalized spacial score (nSPS) is 11.6. The molecule has 0 aliphatic rings. The predicted octanol–water partition coefficient (Wildman–Crippen LogP) is 2.73. The SMILES string of the molecule is CSCC[C@H](NC(=O)COc1ccc(Cl)cc1)C(=O)NCc1cscn1. The van der Waals surface area contributed by atoms with Gasteiger partial charge in [-0.15, -0.1) is 11.3 Å². The summed E-state index contributed by atoms with van der Waals surface area (Å²) in [5.74, 6) is 0.715. The van der Waals surface area contributed by atoms with Crippen molar-refractivity contribution in [3.63, 3.8) is 0 Å². The van der Waals surface area contributed by atoms with Crippen LogP contribution in [0.2, 0.25) is 5.02 Å². The second-order valence-corrected chi connectivity index (χ2v) is 7.48. The van der Waals surface area contributed by atoms with Gasteiger partial charge >= 0.3 is 0 Å². The number of halogens is 1. The Morgan fingerprint density at radius 3 is 2.77 bits per heavy atom. The highest BCUT2D eigenvalue weighted by Crippen LogP contribution is 2.15. The first-order chi connectivity index (χ1) is 12.6. The number of benzene rings is 1. The van der Waals surface area contributed by atoms with Crippen LogP contribution in [0.1, 0.15) is 12.1 Å².